The normalized spacial score (nSPS) is 16.0. The molecule has 2 rings (SSSR count). The maximum atomic E-state index is 12.0. The van der Waals surface area contributed by atoms with Gasteiger partial charge in [-0.25, -0.2) is 4.99 Å². The molecule has 1 aromatic rings. The zero-order valence-electron chi connectivity index (χ0n) is 14.1. The van der Waals surface area contributed by atoms with E-state index in [1.165, 1.54) is 25.7 Å². The molecule has 0 spiro atoms. The van der Waals surface area contributed by atoms with Crippen molar-refractivity contribution in [1.82, 2.24) is 10.2 Å². The van der Waals surface area contributed by atoms with Crippen molar-refractivity contribution < 1.29 is 4.79 Å². The number of benzene rings is 1. The van der Waals surface area contributed by atoms with Gasteiger partial charge in [-0.15, -0.1) is 0 Å². The Bertz CT molecular complexity index is 534. The third-order valence-electron chi connectivity index (χ3n) is 4.08. The highest BCUT2D eigenvalue weighted by molar-refractivity contribution is 5.94. The summed E-state index contributed by atoms with van der Waals surface area (Å²) in [5.41, 5.74) is 7.81. The van der Waals surface area contributed by atoms with Gasteiger partial charge in [0.25, 0.3) is 5.91 Å². The number of nitrogens with two attached hydrogens (primary N) is 1. The molecule has 126 valence electrons. The maximum absolute atomic E-state index is 12.0. The van der Waals surface area contributed by atoms with Crippen LogP contribution in [0.1, 0.15) is 54.9 Å². The average Bonchev–Trinajstić information content (AvgIpc) is 2.87. The highest BCUT2D eigenvalue weighted by Gasteiger charge is 2.11. The van der Waals surface area contributed by atoms with Crippen LogP contribution < -0.4 is 11.1 Å². The molecule has 1 fully saturated rings. The molecule has 5 heteroatoms. The molecule has 0 aliphatic carbocycles. The van der Waals surface area contributed by atoms with Gasteiger partial charge in [0.05, 0.1) is 6.54 Å². The maximum Gasteiger partial charge on any atom is 0.251 e. The van der Waals surface area contributed by atoms with E-state index in [-0.39, 0.29) is 5.91 Å². The smallest absolute Gasteiger partial charge is 0.251 e. The minimum Gasteiger partial charge on any atom is -0.370 e. The number of likely N-dealkylation sites (tertiary alicyclic amines) is 1. The van der Waals surface area contributed by atoms with Gasteiger partial charge in [-0.05, 0) is 37.0 Å². The molecule has 0 saturated carbocycles. The summed E-state index contributed by atoms with van der Waals surface area (Å²) in [5.74, 6) is 0.589. The molecular weight excluding hydrogens is 288 g/mol. The number of guanidine groups is 1. The molecule has 1 saturated heterocycles. The summed E-state index contributed by atoms with van der Waals surface area (Å²) in [6.45, 7) is 5.24. The Morgan fingerprint density at radius 1 is 1.26 bits per heavy atom. The van der Waals surface area contributed by atoms with E-state index in [1.54, 1.807) is 0 Å². The van der Waals surface area contributed by atoms with E-state index in [1.807, 2.05) is 31.2 Å². The standard InChI is InChI=1S/C18H28N4O/c1-2-10-20-17(23)16-9-7-8-15(13-16)14-21-18(19)22-11-5-3-4-6-12-22/h7-9,13H,2-6,10-12,14H2,1H3,(H2,19,21)(H,20,23). The van der Waals surface area contributed by atoms with Crippen molar-refractivity contribution in [2.45, 2.75) is 45.6 Å². The van der Waals surface area contributed by atoms with Crippen LogP contribution in [0.2, 0.25) is 0 Å². The minimum absolute atomic E-state index is 0.0295. The van der Waals surface area contributed by atoms with Crippen LogP contribution in [-0.4, -0.2) is 36.4 Å². The lowest BCUT2D eigenvalue weighted by atomic mass is 10.1. The van der Waals surface area contributed by atoms with Crippen molar-refractivity contribution in [1.29, 1.82) is 0 Å². The highest BCUT2D eigenvalue weighted by Crippen LogP contribution is 2.10. The molecule has 0 unspecified atom stereocenters. The van der Waals surface area contributed by atoms with E-state index >= 15 is 0 Å². The second kappa shape index (κ2) is 9.18. The molecule has 3 N–H and O–H groups in total. The number of carbonyl (C=O) groups is 1. The molecule has 0 atom stereocenters. The van der Waals surface area contributed by atoms with Gasteiger partial charge in [0.1, 0.15) is 0 Å². The van der Waals surface area contributed by atoms with Gasteiger partial charge in [0.15, 0.2) is 5.96 Å². The van der Waals surface area contributed by atoms with Crippen LogP contribution in [0.4, 0.5) is 0 Å². The zero-order valence-corrected chi connectivity index (χ0v) is 14.1. The third kappa shape index (κ3) is 5.58. The molecule has 0 aromatic heterocycles. The van der Waals surface area contributed by atoms with Crippen LogP contribution in [0.5, 0.6) is 0 Å². The molecule has 23 heavy (non-hydrogen) atoms. The van der Waals surface area contributed by atoms with Crippen LogP contribution in [0.25, 0.3) is 0 Å². The largest absolute Gasteiger partial charge is 0.370 e. The van der Waals surface area contributed by atoms with Crippen LogP contribution in [0.3, 0.4) is 0 Å². The summed E-state index contributed by atoms with van der Waals surface area (Å²) in [6.07, 6.45) is 5.85. The molecular formula is C18H28N4O. The molecule has 1 aliphatic heterocycles. The predicted molar refractivity (Wildman–Crippen MR) is 94.4 cm³/mol. The van der Waals surface area contributed by atoms with Crippen LogP contribution in [-0.2, 0) is 6.54 Å². The molecule has 0 bridgehead atoms. The average molecular weight is 316 g/mol. The van der Waals surface area contributed by atoms with E-state index in [9.17, 15) is 4.79 Å². The molecule has 1 amide bonds. The molecule has 1 heterocycles. The fourth-order valence-corrected chi connectivity index (χ4v) is 2.72. The predicted octanol–water partition coefficient (Wildman–Crippen LogP) is 2.52. The van der Waals surface area contributed by atoms with E-state index in [0.29, 0.717) is 24.6 Å². The first-order valence-corrected chi connectivity index (χ1v) is 8.62. The number of rotatable bonds is 5. The first-order valence-electron chi connectivity index (χ1n) is 8.62. The molecule has 1 aromatic carbocycles. The van der Waals surface area contributed by atoms with Crippen molar-refractivity contribution in [3.05, 3.63) is 35.4 Å². The highest BCUT2D eigenvalue weighted by atomic mass is 16.1. The lowest BCUT2D eigenvalue weighted by molar-refractivity contribution is 0.0953. The van der Waals surface area contributed by atoms with Crippen molar-refractivity contribution in [2.75, 3.05) is 19.6 Å². The number of hydrogen-bond acceptors (Lipinski definition) is 2. The minimum atomic E-state index is -0.0295. The summed E-state index contributed by atoms with van der Waals surface area (Å²) in [4.78, 5) is 18.7. The molecule has 5 nitrogen and oxygen atoms in total. The Morgan fingerprint density at radius 2 is 2.00 bits per heavy atom. The van der Waals surface area contributed by atoms with Crippen molar-refractivity contribution in [3.8, 4) is 0 Å². The third-order valence-corrected chi connectivity index (χ3v) is 4.08. The fraction of sp³-hybridized carbons (Fsp3) is 0.556. The second-order valence-electron chi connectivity index (χ2n) is 6.03. The van der Waals surface area contributed by atoms with Crippen LogP contribution in [0, 0.1) is 0 Å². The van der Waals surface area contributed by atoms with Gasteiger partial charge in [-0.3, -0.25) is 4.79 Å². The molecule has 1 aliphatic rings. The van der Waals surface area contributed by atoms with Gasteiger partial charge in [0, 0.05) is 25.2 Å². The van der Waals surface area contributed by atoms with Gasteiger partial charge in [-0.1, -0.05) is 31.9 Å². The number of aliphatic imine (C=N–C) groups is 1. The summed E-state index contributed by atoms with van der Waals surface area (Å²) in [7, 11) is 0. The first kappa shape index (κ1) is 17.3. The fourth-order valence-electron chi connectivity index (χ4n) is 2.72. The Balaban J connectivity index is 1.96. The van der Waals surface area contributed by atoms with E-state index in [4.69, 9.17) is 5.73 Å². The number of carbonyl (C=O) groups excluding carboxylic acids is 1. The lowest BCUT2D eigenvalue weighted by Crippen LogP contribution is -2.38. The number of nitrogens with one attached hydrogen (secondary N) is 1. The number of nitrogens with zero attached hydrogens (tertiary/aromatic N) is 2. The Hall–Kier alpha value is -2.04. The summed E-state index contributed by atoms with van der Waals surface area (Å²) < 4.78 is 0. The van der Waals surface area contributed by atoms with E-state index in [0.717, 1.165) is 25.1 Å². The summed E-state index contributed by atoms with van der Waals surface area (Å²) in [5, 5.41) is 2.89. The quantitative estimate of drug-likeness (QED) is 0.648. The lowest BCUT2D eigenvalue weighted by Gasteiger charge is -2.21. The number of amides is 1. The van der Waals surface area contributed by atoms with Crippen molar-refractivity contribution in [2.24, 2.45) is 10.7 Å². The summed E-state index contributed by atoms with van der Waals surface area (Å²) in [6, 6.07) is 7.60. The topological polar surface area (TPSA) is 70.7 Å². The zero-order chi connectivity index (χ0) is 16.5. The second-order valence-corrected chi connectivity index (χ2v) is 6.03. The van der Waals surface area contributed by atoms with Crippen molar-refractivity contribution >= 4 is 11.9 Å². The van der Waals surface area contributed by atoms with Crippen LogP contribution in [0.15, 0.2) is 29.3 Å². The Morgan fingerprint density at radius 3 is 2.70 bits per heavy atom. The van der Waals surface area contributed by atoms with Gasteiger partial charge < -0.3 is 16.0 Å². The monoisotopic (exact) mass is 316 g/mol. The van der Waals surface area contributed by atoms with E-state index in [2.05, 4.69) is 15.2 Å². The van der Waals surface area contributed by atoms with Gasteiger partial charge in [-0.2, -0.15) is 0 Å². The SMILES string of the molecule is CCCNC(=O)c1cccc(CN=C(N)N2CCCCCC2)c1. The Kier molecular flexibility index (Phi) is 6.91. The van der Waals surface area contributed by atoms with E-state index < -0.39 is 0 Å². The van der Waals surface area contributed by atoms with Crippen LogP contribution >= 0.6 is 0 Å². The van der Waals surface area contributed by atoms with Crippen molar-refractivity contribution in [3.63, 3.8) is 0 Å². The summed E-state index contributed by atoms with van der Waals surface area (Å²) >= 11 is 0. The molecule has 0 radical (unpaired) electrons. The first-order chi connectivity index (χ1) is 11.2. The number of hydrogen-bond donors (Lipinski definition) is 2. The van der Waals surface area contributed by atoms with Gasteiger partial charge >= 0.3 is 0 Å². The van der Waals surface area contributed by atoms with Gasteiger partial charge in [0.2, 0.25) is 0 Å². The Labute approximate surface area is 139 Å².